The van der Waals surface area contributed by atoms with Crippen molar-refractivity contribution in [3.63, 3.8) is 0 Å². The first-order valence-corrected chi connectivity index (χ1v) is 9.58. The number of nitrogens with one attached hydrogen (secondary N) is 1. The molecule has 0 saturated heterocycles. The Morgan fingerprint density at radius 2 is 1.88 bits per heavy atom. The summed E-state index contributed by atoms with van der Waals surface area (Å²) in [6.45, 7) is 8.02. The predicted octanol–water partition coefficient (Wildman–Crippen LogP) is 5.09. The van der Waals surface area contributed by atoms with Gasteiger partial charge < -0.3 is 10.1 Å². The first-order valence-electron chi connectivity index (χ1n) is 9.58. The normalized spacial score (nSPS) is 13.5. The van der Waals surface area contributed by atoms with E-state index in [1.54, 1.807) is 0 Å². The summed E-state index contributed by atoms with van der Waals surface area (Å²) < 4.78 is 5.44. The molecule has 0 amide bonds. The van der Waals surface area contributed by atoms with Crippen LogP contribution in [-0.2, 0) is 16.1 Å². The zero-order valence-electron chi connectivity index (χ0n) is 15.7. The van der Waals surface area contributed by atoms with Gasteiger partial charge in [-0.15, -0.1) is 0 Å². The van der Waals surface area contributed by atoms with Crippen LogP contribution in [0.15, 0.2) is 30.3 Å². The highest BCUT2D eigenvalue weighted by Gasteiger charge is 2.10. The van der Waals surface area contributed by atoms with Crippen LogP contribution in [0, 0.1) is 5.92 Å². The number of carbonyl (C=O) groups excluding carboxylic acids is 1. The lowest BCUT2D eigenvalue weighted by molar-refractivity contribution is -0.145. The van der Waals surface area contributed by atoms with Gasteiger partial charge in [0, 0.05) is 19.0 Å². The summed E-state index contributed by atoms with van der Waals surface area (Å²) >= 11 is 0. The first kappa shape index (κ1) is 20.7. The zero-order chi connectivity index (χ0) is 17.6. The Kier molecular flexibility index (Phi) is 11.2. The van der Waals surface area contributed by atoms with E-state index in [1.807, 2.05) is 6.07 Å². The highest BCUT2D eigenvalue weighted by Crippen LogP contribution is 2.13. The third kappa shape index (κ3) is 9.71. The molecule has 0 fully saturated rings. The zero-order valence-corrected chi connectivity index (χ0v) is 15.7. The summed E-state index contributed by atoms with van der Waals surface area (Å²) in [5.41, 5.74) is 1.29. The predicted molar refractivity (Wildman–Crippen MR) is 101 cm³/mol. The summed E-state index contributed by atoms with van der Waals surface area (Å²) in [6, 6.07) is 10.8. The van der Waals surface area contributed by atoms with E-state index in [0.717, 1.165) is 25.8 Å². The van der Waals surface area contributed by atoms with Crippen LogP contribution in [0.1, 0.15) is 71.3 Å². The van der Waals surface area contributed by atoms with E-state index in [-0.39, 0.29) is 5.97 Å². The molecule has 0 spiro atoms. The monoisotopic (exact) mass is 333 g/mol. The van der Waals surface area contributed by atoms with Crippen molar-refractivity contribution in [3.05, 3.63) is 35.9 Å². The van der Waals surface area contributed by atoms with Crippen LogP contribution in [0.4, 0.5) is 0 Å². The van der Waals surface area contributed by atoms with Crippen molar-refractivity contribution in [3.8, 4) is 0 Å². The van der Waals surface area contributed by atoms with Gasteiger partial charge in [0.05, 0.1) is 6.61 Å². The van der Waals surface area contributed by atoms with Crippen LogP contribution in [0.5, 0.6) is 0 Å². The second kappa shape index (κ2) is 13.0. The maximum Gasteiger partial charge on any atom is 0.305 e. The van der Waals surface area contributed by atoms with E-state index in [9.17, 15) is 4.79 Å². The van der Waals surface area contributed by atoms with E-state index >= 15 is 0 Å². The van der Waals surface area contributed by atoms with Gasteiger partial charge in [0.2, 0.25) is 0 Å². The standard InChI is InChI=1S/C21H35NO2/c1-4-6-12-19(5-2)17-24-21(23)15-10-11-18(3)22-16-20-13-8-7-9-14-20/h7-9,13-14,18-19,22H,4-6,10-12,15-17H2,1-3H3. The van der Waals surface area contributed by atoms with Crippen LogP contribution in [0.3, 0.4) is 0 Å². The molecule has 1 N–H and O–H groups in total. The fourth-order valence-electron chi connectivity index (χ4n) is 2.72. The largest absolute Gasteiger partial charge is 0.465 e. The maximum absolute atomic E-state index is 11.9. The van der Waals surface area contributed by atoms with Gasteiger partial charge in [-0.25, -0.2) is 0 Å². The van der Waals surface area contributed by atoms with Gasteiger partial charge in [-0.2, -0.15) is 0 Å². The minimum atomic E-state index is -0.0415. The molecule has 3 heteroatoms. The van der Waals surface area contributed by atoms with Crippen LogP contribution in [-0.4, -0.2) is 18.6 Å². The Bertz CT molecular complexity index is 433. The number of carbonyl (C=O) groups is 1. The fourth-order valence-corrected chi connectivity index (χ4v) is 2.72. The fraction of sp³-hybridized carbons (Fsp3) is 0.667. The third-order valence-electron chi connectivity index (χ3n) is 4.54. The molecule has 1 rings (SSSR count). The lowest BCUT2D eigenvalue weighted by Crippen LogP contribution is -2.25. The van der Waals surface area contributed by atoms with E-state index in [1.165, 1.54) is 24.8 Å². The molecular weight excluding hydrogens is 298 g/mol. The van der Waals surface area contributed by atoms with Crippen LogP contribution >= 0.6 is 0 Å². The van der Waals surface area contributed by atoms with E-state index in [0.29, 0.717) is 25.0 Å². The molecule has 2 atom stereocenters. The molecule has 0 bridgehead atoms. The van der Waals surface area contributed by atoms with Gasteiger partial charge in [-0.1, -0.05) is 63.4 Å². The maximum atomic E-state index is 11.9. The molecule has 0 aromatic heterocycles. The second-order valence-corrected chi connectivity index (χ2v) is 6.76. The average molecular weight is 334 g/mol. The number of rotatable bonds is 13. The lowest BCUT2D eigenvalue weighted by Gasteiger charge is -2.15. The van der Waals surface area contributed by atoms with Crippen molar-refractivity contribution in [1.82, 2.24) is 5.32 Å². The van der Waals surface area contributed by atoms with E-state index in [4.69, 9.17) is 4.74 Å². The minimum absolute atomic E-state index is 0.0415. The van der Waals surface area contributed by atoms with Crippen LogP contribution in [0.2, 0.25) is 0 Å². The summed E-state index contributed by atoms with van der Waals surface area (Å²) in [5.74, 6) is 0.487. The number of hydrogen-bond acceptors (Lipinski definition) is 3. The van der Waals surface area contributed by atoms with Crippen molar-refractivity contribution < 1.29 is 9.53 Å². The van der Waals surface area contributed by atoms with Crippen LogP contribution < -0.4 is 5.32 Å². The highest BCUT2D eigenvalue weighted by molar-refractivity contribution is 5.69. The molecule has 0 saturated carbocycles. The molecule has 24 heavy (non-hydrogen) atoms. The number of ether oxygens (including phenoxy) is 1. The van der Waals surface area contributed by atoms with Gasteiger partial charge in [-0.3, -0.25) is 4.79 Å². The molecule has 3 nitrogen and oxygen atoms in total. The molecule has 136 valence electrons. The molecule has 1 aromatic carbocycles. The minimum Gasteiger partial charge on any atom is -0.465 e. The Hall–Kier alpha value is -1.35. The van der Waals surface area contributed by atoms with Gasteiger partial charge in [0.15, 0.2) is 0 Å². The second-order valence-electron chi connectivity index (χ2n) is 6.76. The van der Waals surface area contributed by atoms with E-state index in [2.05, 4.69) is 50.4 Å². The number of hydrogen-bond donors (Lipinski definition) is 1. The number of unbranched alkanes of at least 4 members (excludes halogenated alkanes) is 1. The Balaban J connectivity index is 2.09. The Morgan fingerprint density at radius 3 is 2.54 bits per heavy atom. The summed E-state index contributed by atoms with van der Waals surface area (Å²) in [4.78, 5) is 11.9. The molecule has 0 aliphatic heterocycles. The highest BCUT2D eigenvalue weighted by atomic mass is 16.5. The molecule has 0 heterocycles. The smallest absolute Gasteiger partial charge is 0.305 e. The summed E-state index contributed by atoms with van der Waals surface area (Å²) in [7, 11) is 0. The molecule has 2 unspecified atom stereocenters. The van der Waals surface area contributed by atoms with Crippen molar-refractivity contribution in [1.29, 1.82) is 0 Å². The van der Waals surface area contributed by atoms with Crippen molar-refractivity contribution >= 4 is 5.97 Å². The van der Waals surface area contributed by atoms with Gasteiger partial charge in [0.25, 0.3) is 0 Å². The van der Waals surface area contributed by atoms with Gasteiger partial charge in [-0.05, 0) is 37.7 Å². The number of esters is 1. The molecule has 0 aliphatic rings. The van der Waals surface area contributed by atoms with Crippen molar-refractivity contribution in [2.24, 2.45) is 5.92 Å². The average Bonchev–Trinajstić information content (AvgIpc) is 2.61. The van der Waals surface area contributed by atoms with Gasteiger partial charge in [0.1, 0.15) is 0 Å². The Labute approximate surface area is 148 Å². The molecule has 1 aromatic rings. The molecule has 0 aliphatic carbocycles. The summed E-state index contributed by atoms with van der Waals surface area (Å²) in [6.07, 6.45) is 7.09. The first-order chi connectivity index (χ1) is 11.7. The topological polar surface area (TPSA) is 38.3 Å². The summed E-state index contributed by atoms with van der Waals surface area (Å²) in [5, 5.41) is 3.50. The van der Waals surface area contributed by atoms with Crippen molar-refractivity contribution in [2.75, 3.05) is 6.61 Å². The quantitative estimate of drug-likeness (QED) is 0.511. The van der Waals surface area contributed by atoms with Crippen molar-refractivity contribution in [2.45, 2.75) is 78.3 Å². The van der Waals surface area contributed by atoms with E-state index < -0.39 is 0 Å². The third-order valence-corrected chi connectivity index (χ3v) is 4.54. The van der Waals surface area contributed by atoms with Gasteiger partial charge >= 0.3 is 5.97 Å². The SMILES string of the molecule is CCCCC(CC)COC(=O)CCCC(C)NCc1ccccc1. The molecular formula is C21H35NO2. The number of benzene rings is 1. The lowest BCUT2D eigenvalue weighted by atomic mass is 10.0. The molecule has 0 radical (unpaired) electrons. The Morgan fingerprint density at radius 1 is 1.12 bits per heavy atom. The van der Waals surface area contributed by atoms with Crippen LogP contribution in [0.25, 0.3) is 0 Å².